The van der Waals surface area contributed by atoms with E-state index >= 15 is 0 Å². The van der Waals surface area contributed by atoms with Crippen LogP contribution in [-0.4, -0.2) is 11.9 Å². The van der Waals surface area contributed by atoms with Crippen molar-refractivity contribution < 1.29 is 78.9 Å². The summed E-state index contributed by atoms with van der Waals surface area (Å²) in [4.78, 5) is 21.0. The van der Waals surface area contributed by atoms with Gasteiger partial charge in [0.25, 0.3) is 0 Å². The first-order valence-electron chi connectivity index (χ1n) is 4.42. The van der Waals surface area contributed by atoms with Crippen molar-refractivity contribution in [3.05, 3.63) is 0 Å². The third-order valence-corrected chi connectivity index (χ3v) is 2.15. The van der Waals surface area contributed by atoms with Gasteiger partial charge in [-0.05, 0) is 6.42 Å². The molecule has 0 bridgehead atoms. The van der Waals surface area contributed by atoms with Crippen LogP contribution in [0.2, 0.25) is 0 Å². The Labute approximate surface area is 134 Å². The third-order valence-electron chi connectivity index (χ3n) is 2.15. The molecule has 0 aliphatic carbocycles. The molecule has 0 rings (SSSR count). The molecule has 4 nitrogen and oxygen atoms in total. The molecule has 2 unspecified atom stereocenters. The van der Waals surface area contributed by atoms with Crippen LogP contribution in [0, 0.1) is 11.8 Å². The summed E-state index contributed by atoms with van der Waals surface area (Å²) < 4.78 is 0. The van der Waals surface area contributed by atoms with Crippen molar-refractivity contribution in [1.82, 2.24) is 0 Å². The molecule has 0 saturated carbocycles. The first kappa shape index (κ1) is 21.2. The van der Waals surface area contributed by atoms with E-state index < -0.39 is 23.8 Å². The Kier molecular flexibility index (Phi) is 16.2. The van der Waals surface area contributed by atoms with E-state index in [-0.39, 0.29) is 59.1 Å². The van der Waals surface area contributed by atoms with Crippen LogP contribution in [0.15, 0.2) is 0 Å². The molecule has 0 fully saturated rings. The van der Waals surface area contributed by atoms with Gasteiger partial charge >= 0.3 is 59.1 Å². The summed E-state index contributed by atoms with van der Waals surface area (Å²) in [6.45, 7) is 3.25. The fourth-order valence-electron chi connectivity index (χ4n) is 1.16. The Balaban J connectivity index is -0.000000720. The summed E-state index contributed by atoms with van der Waals surface area (Å²) in [5.74, 6) is -4.53. The SMILES string of the molecule is CCCCC(C(=O)[O-])C(C)C(=O)[O-].[Na+].[Na+]. The molecule has 0 aromatic rings. The molecule has 0 amide bonds. The fraction of sp³-hybridized carbons (Fsp3) is 0.778. The average molecular weight is 232 g/mol. The molecule has 2 atom stereocenters. The van der Waals surface area contributed by atoms with Crippen molar-refractivity contribution in [2.75, 3.05) is 0 Å². The van der Waals surface area contributed by atoms with Gasteiger partial charge in [-0.3, -0.25) is 0 Å². The molecule has 0 aromatic carbocycles. The second-order valence-corrected chi connectivity index (χ2v) is 3.18. The van der Waals surface area contributed by atoms with E-state index in [4.69, 9.17) is 0 Å². The smallest absolute Gasteiger partial charge is 0.550 e. The van der Waals surface area contributed by atoms with Gasteiger partial charge in [0.2, 0.25) is 0 Å². The fourth-order valence-corrected chi connectivity index (χ4v) is 1.16. The molecule has 0 saturated heterocycles. The first-order valence-corrected chi connectivity index (χ1v) is 4.42. The van der Waals surface area contributed by atoms with Crippen molar-refractivity contribution in [2.45, 2.75) is 33.1 Å². The van der Waals surface area contributed by atoms with Gasteiger partial charge < -0.3 is 19.8 Å². The maximum atomic E-state index is 10.5. The van der Waals surface area contributed by atoms with Crippen molar-refractivity contribution in [3.63, 3.8) is 0 Å². The number of carbonyl (C=O) groups is 2. The zero-order valence-electron chi connectivity index (χ0n) is 9.91. The van der Waals surface area contributed by atoms with Crippen LogP contribution < -0.4 is 69.3 Å². The van der Waals surface area contributed by atoms with E-state index in [1.165, 1.54) is 6.92 Å². The summed E-state index contributed by atoms with van der Waals surface area (Å²) >= 11 is 0. The van der Waals surface area contributed by atoms with E-state index in [0.29, 0.717) is 12.8 Å². The second kappa shape index (κ2) is 11.4. The summed E-state index contributed by atoms with van der Waals surface area (Å²) in [6.07, 6.45) is 1.87. The number of aliphatic carboxylic acids is 2. The molecule has 0 aromatic heterocycles. The minimum atomic E-state index is -1.33. The Hall–Kier alpha value is 0.940. The van der Waals surface area contributed by atoms with Gasteiger partial charge in [0.1, 0.15) is 0 Å². The van der Waals surface area contributed by atoms with Crippen molar-refractivity contribution in [3.8, 4) is 0 Å². The van der Waals surface area contributed by atoms with Crippen LogP contribution in [0.3, 0.4) is 0 Å². The Bertz CT molecular complexity index is 197. The van der Waals surface area contributed by atoms with Gasteiger partial charge in [0.15, 0.2) is 0 Å². The predicted octanol–water partition coefficient (Wildman–Crippen LogP) is -7.06. The average Bonchev–Trinajstić information content (AvgIpc) is 2.04. The van der Waals surface area contributed by atoms with Gasteiger partial charge in [0, 0.05) is 23.8 Å². The molecular weight excluding hydrogens is 218 g/mol. The normalized spacial score (nSPS) is 12.9. The maximum Gasteiger partial charge on any atom is 1.00 e. The standard InChI is InChI=1S/C9H16O4.2Na/c1-3-4-5-7(9(12)13)6(2)8(10)11;;/h6-7H,3-5H2,1-2H3,(H,10,11)(H,12,13);;/q;2*+1/p-2. The van der Waals surface area contributed by atoms with Crippen molar-refractivity contribution in [1.29, 1.82) is 0 Å². The van der Waals surface area contributed by atoms with E-state index in [9.17, 15) is 19.8 Å². The summed E-state index contributed by atoms with van der Waals surface area (Å²) in [5.41, 5.74) is 0. The van der Waals surface area contributed by atoms with Gasteiger partial charge in [-0.25, -0.2) is 0 Å². The van der Waals surface area contributed by atoms with Crippen LogP contribution >= 0.6 is 0 Å². The minimum Gasteiger partial charge on any atom is -0.550 e. The molecule has 76 valence electrons. The predicted molar refractivity (Wildman–Crippen MR) is 42.2 cm³/mol. The number of carbonyl (C=O) groups excluding carboxylic acids is 2. The minimum absolute atomic E-state index is 0. The van der Waals surface area contributed by atoms with Crippen LogP contribution in [0.5, 0.6) is 0 Å². The van der Waals surface area contributed by atoms with Gasteiger partial charge in [0.05, 0.1) is 0 Å². The zero-order chi connectivity index (χ0) is 10.4. The van der Waals surface area contributed by atoms with Gasteiger partial charge in [-0.2, -0.15) is 0 Å². The molecule has 0 aliphatic rings. The number of hydrogen-bond donors (Lipinski definition) is 0. The van der Waals surface area contributed by atoms with Crippen molar-refractivity contribution >= 4 is 11.9 Å². The van der Waals surface area contributed by atoms with E-state index in [2.05, 4.69) is 0 Å². The number of hydrogen-bond acceptors (Lipinski definition) is 4. The number of carboxylic acid groups (broad SMARTS) is 2. The summed E-state index contributed by atoms with van der Waals surface area (Å²) in [5, 5.41) is 21.0. The largest absolute Gasteiger partial charge is 1.00 e. The summed E-state index contributed by atoms with van der Waals surface area (Å²) in [7, 11) is 0. The first-order chi connectivity index (χ1) is 6.00. The quantitative estimate of drug-likeness (QED) is 0.426. The Morgan fingerprint density at radius 3 is 1.87 bits per heavy atom. The Morgan fingerprint density at radius 2 is 1.60 bits per heavy atom. The number of rotatable bonds is 6. The van der Waals surface area contributed by atoms with E-state index in [0.717, 1.165) is 6.42 Å². The third kappa shape index (κ3) is 8.72. The van der Waals surface area contributed by atoms with E-state index in [1.807, 2.05) is 6.92 Å². The number of carboxylic acids is 2. The molecule has 0 aliphatic heterocycles. The Morgan fingerprint density at radius 1 is 1.13 bits per heavy atom. The van der Waals surface area contributed by atoms with Crippen LogP contribution in [-0.2, 0) is 9.59 Å². The van der Waals surface area contributed by atoms with Crippen LogP contribution in [0.4, 0.5) is 0 Å². The molecule has 0 radical (unpaired) electrons. The molecule has 0 N–H and O–H groups in total. The van der Waals surface area contributed by atoms with Crippen LogP contribution in [0.1, 0.15) is 33.1 Å². The second-order valence-electron chi connectivity index (χ2n) is 3.18. The van der Waals surface area contributed by atoms with Gasteiger partial charge in [-0.1, -0.05) is 26.7 Å². The maximum absolute atomic E-state index is 10.5. The zero-order valence-corrected chi connectivity index (χ0v) is 13.9. The number of unbranched alkanes of at least 4 members (excludes halogenated alkanes) is 1. The van der Waals surface area contributed by atoms with E-state index in [1.54, 1.807) is 0 Å². The molecule has 15 heavy (non-hydrogen) atoms. The van der Waals surface area contributed by atoms with Crippen LogP contribution in [0.25, 0.3) is 0 Å². The molecule has 6 heteroatoms. The molecule has 0 heterocycles. The van der Waals surface area contributed by atoms with Crippen molar-refractivity contribution in [2.24, 2.45) is 11.8 Å². The monoisotopic (exact) mass is 232 g/mol. The molecule has 0 spiro atoms. The summed E-state index contributed by atoms with van der Waals surface area (Å²) in [6, 6.07) is 0. The topological polar surface area (TPSA) is 80.3 Å². The van der Waals surface area contributed by atoms with Gasteiger partial charge in [-0.15, -0.1) is 0 Å². The molecular formula is C9H14Na2O4.